The maximum Gasteiger partial charge on any atom is 0.225 e. The first-order valence-electron chi connectivity index (χ1n) is 9.40. The number of anilines is 2. The zero-order chi connectivity index (χ0) is 18.4. The molecule has 26 heavy (non-hydrogen) atoms. The van der Waals surface area contributed by atoms with Gasteiger partial charge in [0.05, 0.1) is 0 Å². The summed E-state index contributed by atoms with van der Waals surface area (Å²) in [6.45, 7) is 8.92. The van der Waals surface area contributed by atoms with Crippen LogP contribution in [0.2, 0.25) is 0 Å². The average Bonchev–Trinajstić information content (AvgIpc) is 2.68. The Labute approximate surface area is 156 Å². The van der Waals surface area contributed by atoms with Gasteiger partial charge in [-0.15, -0.1) is 0 Å². The van der Waals surface area contributed by atoms with Gasteiger partial charge in [0.2, 0.25) is 5.91 Å². The van der Waals surface area contributed by atoms with E-state index in [1.54, 1.807) is 0 Å². The Balaban J connectivity index is 1.45. The van der Waals surface area contributed by atoms with Crippen LogP contribution in [0.25, 0.3) is 0 Å². The summed E-state index contributed by atoms with van der Waals surface area (Å²) in [6.07, 6.45) is 2.36. The molecule has 0 spiro atoms. The summed E-state index contributed by atoms with van der Waals surface area (Å²) in [5.74, 6) is 1.52. The second-order valence-corrected chi connectivity index (χ2v) is 7.06. The van der Waals surface area contributed by atoms with Crippen molar-refractivity contribution in [1.82, 2.24) is 9.88 Å². The number of carbonyl (C=O) groups excluding carboxylic acids is 1. The standard InChI is InChI=1S/C21H28N4O/c1-17(2)18-7-3-4-8-19(18)23-21(26)10-12-24-13-15-25(16-14-24)20-9-5-6-11-22-20/h3-9,11,17H,10,12-16H2,1-2H3,(H,23,26). The molecule has 5 nitrogen and oxygen atoms in total. The van der Waals surface area contributed by atoms with Gasteiger partial charge in [-0.05, 0) is 29.7 Å². The second kappa shape index (κ2) is 8.81. The van der Waals surface area contributed by atoms with E-state index in [0.29, 0.717) is 12.3 Å². The molecule has 1 aliphatic rings. The lowest BCUT2D eigenvalue weighted by atomic mass is 10.0. The van der Waals surface area contributed by atoms with E-state index in [1.165, 1.54) is 5.56 Å². The molecule has 0 radical (unpaired) electrons. The molecular formula is C21H28N4O. The third kappa shape index (κ3) is 4.82. The highest BCUT2D eigenvalue weighted by Gasteiger charge is 2.18. The van der Waals surface area contributed by atoms with Gasteiger partial charge in [0, 0.05) is 51.0 Å². The van der Waals surface area contributed by atoms with Crippen LogP contribution in [0.5, 0.6) is 0 Å². The van der Waals surface area contributed by atoms with Gasteiger partial charge in [0.15, 0.2) is 0 Å². The number of piperazine rings is 1. The molecule has 2 heterocycles. The van der Waals surface area contributed by atoms with Crippen LogP contribution in [0.1, 0.15) is 31.7 Å². The monoisotopic (exact) mass is 352 g/mol. The number of pyridine rings is 1. The molecule has 0 saturated carbocycles. The van der Waals surface area contributed by atoms with Crippen LogP contribution in [0.3, 0.4) is 0 Å². The number of carbonyl (C=O) groups is 1. The van der Waals surface area contributed by atoms with Gasteiger partial charge in [0.25, 0.3) is 0 Å². The third-order valence-electron chi connectivity index (χ3n) is 4.86. The normalized spacial score (nSPS) is 15.3. The smallest absolute Gasteiger partial charge is 0.225 e. The van der Waals surface area contributed by atoms with Gasteiger partial charge in [-0.25, -0.2) is 4.98 Å². The number of amides is 1. The molecule has 3 rings (SSSR count). The first-order chi connectivity index (χ1) is 12.6. The van der Waals surface area contributed by atoms with Gasteiger partial charge in [-0.1, -0.05) is 38.1 Å². The fourth-order valence-corrected chi connectivity index (χ4v) is 3.33. The molecule has 1 saturated heterocycles. The molecule has 2 aromatic rings. The van der Waals surface area contributed by atoms with Crippen LogP contribution >= 0.6 is 0 Å². The van der Waals surface area contributed by atoms with E-state index in [1.807, 2.05) is 36.5 Å². The molecular weight excluding hydrogens is 324 g/mol. The molecule has 138 valence electrons. The van der Waals surface area contributed by atoms with Crippen molar-refractivity contribution >= 4 is 17.4 Å². The maximum atomic E-state index is 12.4. The van der Waals surface area contributed by atoms with Gasteiger partial charge in [0.1, 0.15) is 5.82 Å². The SMILES string of the molecule is CC(C)c1ccccc1NC(=O)CCN1CCN(c2ccccn2)CC1. The van der Waals surface area contributed by atoms with Crippen LogP contribution < -0.4 is 10.2 Å². The molecule has 1 aliphatic heterocycles. The van der Waals surface area contributed by atoms with Crippen molar-refractivity contribution in [2.24, 2.45) is 0 Å². The second-order valence-electron chi connectivity index (χ2n) is 7.06. The predicted octanol–water partition coefficient (Wildman–Crippen LogP) is 3.36. The summed E-state index contributed by atoms with van der Waals surface area (Å²) < 4.78 is 0. The molecule has 1 aromatic heterocycles. The van der Waals surface area contributed by atoms with Crippen LogP contribution in [-0.4, -0.2) is 48.5 Å². The highest BCUT2D eigenvalue weighted by Crippen LogP contribution is 2.23. The highest BCUT2D eigenvalue weighted by atomic mass is 16.1. The number of nitrogens with zero attached hydrogens (tertiary/aromatic N) is 3. The average molecular weight is 352 g/mol. The molecule has 0 atom stereocenters. The van der Waals surface area contributed by atoms with E-state index in [-0.39, 0.29) is 5.91 Å². The van der Waals surface area contributed by atoms with Crippen molar-refractivity contribution in [3.63, 3.8) is 0 Å². The van der Waals surface area contributed by atoms with Gasteiger partial charge in [-0.3, -0.25) is 9.69 Å². The van der Waals surface area contributed by atoms with E-state index in [2.05, 4.69) is 46.1 Å². The van der Waals surface area contributed by atoms with Crippen molar-refractivity contribution in [2.45, 2.75) is 26.2 Å². The molecule has 1 amide bonds. The van der Waals surface area contributed by atoms with Crippen LogP contribution in [0.4, 0.5) is 11.5 Å². The van der Waals surface area contributed by atoms with Gasteiger partial charge in [-0.2, -0.15) is 0 Å². The summed E-state index contributed by atoms with van der Waals surface area (Å²) >= 11 is 0. The molecule has 1 fully saturated rings. The zero-order valence-electron chi connectivity index (χ0n) is 15.7. The lowest BCUT2D eigenvalue weighted by molar-refractivity contribution is -0.116. The number of aromatic nitrogens is 1. The summed E-state index contributed by atoms with van der Waals surface area (Å²) in [5, 5.41) is 3.08. The number of para-hydroxylation sites is 1. The molecule has 0 aliphatic carbocycles. The van der Waals surface area contributed by atoms with E-state index in [9.17, 15) is 4.79 Å². The van der Waals surface area contributed by atoms with Crippen molar-refractivity contribution in [3.8, 4) is 0 Å². The largest absolute Gasteiger partial charge is 0.354 e. The fraction of sp³-hybridized carbons (Fsp3) is 0.429. The highest BCUT2D eigenvalue weighted by molar-refractivity contribution is 5.91. The number of rotatable bonds is 6. The first kappa shape index (κ1) is 18.4. The number of nitrogens with one attached hydrogen (secondary N) is 1. The summed E-state index contributed by atoms with van der Waals surface area (Å²) in [6, 6.07) is 14.1. The zero-order valence-corrected chi connectivity index (χ0v) is 15.7. The number of hydrogen-bond acceptors (Lipinski definition) is 4. The fourth-order valence-electron chi connectivity index (χ4n) is 3.33. The molecule has 5 heteroatoms. The van der Waals surface area contributed by atoms with Crippen LogP contribution in [-0.2, 0) is 4.79 Å². The minimum absolute atomic E-state index is 0.0882. The van der Waals surface area contributed by atoms with Crippen molar-refractivity contribution in [3.05, 3.63) is 54.2 Å². The Hall–Kier alpha value is -2.40. The van der Waals surface area contributed by atoms with E-state index in [0.717, 1.165) is 44.2 Å². The molecule has 1 aromatic carbocycles. The Kier molecular flexibility index (Phi) is 6.23. The topological polar surface area (TPSA) is 48.5 Å². The van der Waals surface area contributed by atoms with Gasteiger partial charge < -0.3 is 10.2 Å². The van der Waals surface area contributed by atoms with E-state index >= 15 is 0 Å². The Morgan fingerprint density at radius 3 is 2.50 bits per heavy atom. The number of benzene rings is 1. The minimum atomic E-state index is 0.0882. The van der Waals surface area contributed by atoms with Crippen LogP contribution in [0.15, 0.2) is 48.7 Å². The van der Waals surface area contributed by atoms with Crippen molar-refractivity contribution in [1.29, 1.82) is 0 Å². The van der Waals surface area contributed by atoms with Gasteiger partial charge >= 0.3 is 0 Å². The minimum Gasteiger partial charge on any atom is -0.354 e. The summed E-state index contributed by atoms with van der Waals surface area (Å²) in [7, 11) is 0. The first-order valence-corrected chi connectivity index (χ1v) is 9.40. The lowest BCUT2D eigenvalue weighted by Gasteiger charge is -2.35. The van der Waals surface area contributed by atoms with E-state index < -0.39 is 0 Å². The van der Waals surface area contributed by atoms with E-state index in [4.69, 9.17) is 0 Å². The van der Waals surface area contributed by atoms with Crippen LogP contribution in [0, 0.1) is 0 Å². The lowest BCUT2D eigenvalue weighted by Crippen LogP contribution is -2.47. The molecule has 0 bridgehead atoms. The summed E-state index contributed by atoms with van der Waals surface area (Å²) in [4.78, 5) is 21.4. The third-order valence-corrected chi connectivity index (χ3v) is 4.86. The Bertz CT molecular complexity index is 709. The Morgan fingerprint density at radius 1 is 1.08 bits per heavy atom. The molecule has 0 unspecified atom stereocenters. The Morgan fingerprint density at radius 2 is 1.81 bits per heavy atom. The predicted molar refractivity (Wildman–Crippen MR) is 107 cm³/mol. The maximum absolute atomic E-state index is 12.4. The quantitative estimate of drug-likeness (QED) is 0.866. The summed E-state index contributed by atoms with van der Waals surface area (Å²) in [5.41, 5.74) is 2.12. The molecule has 1 N–H and O–H groups in total. The number of hydrogen-bond donors (Lipinski definition) is 1. The van der Waals surface area contributed by atoms with Crippen molar-refractivity contribution < 1.29 is 4.79 Å². The van der Waals surface area contributed by atoms with Crippen molar-refractivity contribution in [2.75, 3.05) is 42.9 Å².